The summed E-state index contributed by atoms with van der Waals surface area (Å²) in [6.07, 6.45) is 2.74. The Morgan fingerprint density at radius 3 is 2.29 bits per heavy atom. The van der Waals surface area contributed by atoms with Crippen molar-refractivity contribution >= 4 is 52.7 Å². The number of halogens is 2. The molecule has 1 aromatic carbocycles. The van der Waals surface area contributed by atoms with Crippen LogP contribution in [0.3, 0.4) is 0 Å². The Balaban J connectivity index is 2.10. The van der Waals surface area contributed by atoms with Crippen LogP contribution in [-0.2, 0) is 28.6 Å². The average molecular weight is 719 g/mol. The predicted molar refractivity (Wildman–Crippen MR) is 183 cm³/mol. The van der Waals surface area contributed by atoms with Crippen LogP contribution in [0.15, 0.2) is 76.7 Å². The summed E-state index contributed by atoms with van der Waals surface area (Å²) in [5.41, 5.74) is 5.54. The molecule has 1 aliphatic heterocycles. The van der Waals surface area contributed by atoms with Gasteiger partial charge in [-0.25, -0.2) is 4.79 Å². The highest BCUT2D eigenvalue weighted by atomic mass is 35.5. The smallest absolute Gasteiger partial charge is 0.405 e. The van der Waals surface area contributed by atoms with Gasteiger partial charge in [0.1, 0.15) is 6.10 Å². The van der Waals surface area contributed by atoms with Crippen molar-refractivity contribution in [3.05, 3.63) is 92.3 Å². The van der Waals surface area contributed by atoms with Gasteiger partial charge in [0.05, 0.1) is 23.6 Å². The first-order valence-corrected chi connectivity index (χ1v) is 16.2. The molecule has 12 nitrogen and oxygen atoms in total. The molecule has 1 aromatic rings. The number of rotatable bonds is 5. The SMILES string of the molecule is CO[C@@H]1/C=C\C=C(\C)C(=O)NC2=CC(=O)C(NC(=O)c3cc(Cl)cc(Cl)c3)=C(C[C@@H](C)C[C@@H](OC)[C@@H](O)[C@@H](C)/C=C(/C)[C@H]1OC(N)=O)C2=O. The summed E-state index contributed by atoms with van der Waals surface area (Å²) in [6.45, 7) is 6.75. The lowest BCUT2D eigenvalue weighted by Gasteiger charge is -2.30. The zero-order valence-electron chi connectivity index (χ0n) is 28.0. The molecular formula is C35H41Cl2N3O9. The second kappa shape index (κ2) is 17.5. The van der Waals surface area contributed by atoms with Gasteiger partial charge < -0.3 is 35.7 Å². The molecule has 3 amide bonds. The van der Waals surface area contributed by atoms with E-state index in [9.17, 15) is 29.1 Å². The number of nitrogens with two attached hydrogens (primary N) is 1. The fourth-order valence-electron chi connectivity index (χ4n) is 5.59. The minimum atomic E-state index is -1.06. The van der Waals surface area contributed by atoms with Gasteiger partial charge in [-0.15, -0.1) is 0 Å². The number of ketones is 2. The van der Waals surface area contributed by atoms with Crippen molar-refractivity contribution in [2.45, 2.75) is 65.0 Å². The van der Waals surface area contributed by atoms with Crippen LogP contribution in [0.4, 0.5) is 4.79 Å². The van der Waals surface area contributed by atoms with Crippen molar-refractivity contribution in [3.63, 3.8) is 0 Å². The molecule has 49 heavy (non-hydrogen) atoms. The Morgan fingerprint density at radius 1 is 1.04 bits per heavy atom. The predicted octanol–water partition coefficient (Wildman–Crippen LogP) is 4.50. The number of aliphatic hydroxyl groups excluding tert-OH is 1. The molecule has 14 heteroatoms. The van der Waals surface area contributed by atoms with E-state index in [1.165, 1.54) is 51.5 Å². The van der Waals surface area contributed by atoms with E-state index in [1.54, 1.807) is 32.9 Å². The molecule has 264 valence electrons. The summed E-state index contributed by atoms with van der Waals surface area (Å²) < 4.78 is 16.6. The molecule has 5 N–H and O–H groups in total. The maximum atomic E-state index is 13.9. The minimum absolute atomic E-state index is 0.0267. The first-order chi connectivity index (χ1) is 23.1. The molecule has 6 atom stereocenters. The third-order valence-electron chi connectivity index (χ3n) is 8.16. The molecule has 2 bridgehead atoms. The standard InChI is InChI=1S/C35H41Cl2N3O9/c1-17-10-24-29(40-34(45)21-13-22(36)15-23(37)14-21)26(41)16-25(31(24)43)39-33(44)18(2)8-7-9-27(47-5)32(49-35(38)46)20(4)12-19(3)30(42)28(11-17)48-6/h7-9,12-17,19,27-28,30,32,42H,10-11H2,1-6H3,(H2,38,46)(H,39,44)(H,40,45)/b9-7-,18-8-,20-12-/t17-,19+,27-,28-,30+,32-/m1/s1. The summed E-state index contributed by atoms with van der Waals surface area (Å²) in [7, 11) is 2.84. The highest BCUT2D eigenvalue weighted by molar-refractivity contribution is 6.35. The minimum Gasteiger partial charge on any atom is -0.439 e. The highest BCUT2D eigenvalue weighted by Crippen LogP contribution is 2.29. The summed E-state index contributed by atoms with van der Waals surface area (Å²) in [5, 5.41) is 16.8. The van der Waals surface area contributed by atoms with Gasteiger partial charge in [0.25, 0.3) is 11.8 Å². The lowest BCUT2D eigenvalue weighted by molar-refractivity contribution is -0.120. The molecule has 0 fully saturated rings. The Hall–Kier alpha value is -4.07. The largest absolute Gasteiger partial charge is 0.439 e. The summed E-state index contributed by atoms with van der Waals surface area (Å²) in [4.78, 5) is 65.5. The van der Waals surface area contributed by atoms with Crippen LogP contribution in [0.1, 0.15) is 50.9 Å². The van der Waals surface area contributed by atoms with Crippen LogP contribution in [0.5, 0.6) is 0 Å². The molecule has 0 saturated heterocycles. The Kier molecular flexibility index (Phi) is 14.1. The van der Waals surface area contributed by atoms with Gasteiger partial charge in [-0.05, 0) is 56.4 Å². The molecule has 2 aliphatic rings. The zero-order valence-corrected chi connectivity index (χ0v) is 29.6. The van der Waals surface area contributed by atoms with E-state index in [0.717, 1.165) is 6.08 Å². The molecule has 0 aromatic heterocycles. The zero-order chi connectivity index (χ0) is 36.6. The number of benzene rings is 1. The van der Waals surface area contributed by atoms with Crippen molar-refractivity contribution in [1.82, 2.24) is 10.6 Å². The van der Waals surface area contributed by atoms with E-state index in [-0.39, 0.29) is 56.9 Å². The number of hydrogen-bond donors (Lipinski definition) is 4. The van der Waals surface area contributed by atoms with Gasteiger partial charge in [-0.3, -0.25) is 19.2 Å². The molecule has 0 saturated carbocycles. The number of amides is 3. The Labute approximate surface area is 295 Å². The number of Topliss-reactive ketones (excluding diaryl/α,β-unsaturated/α-hetero) is 1. The third-order valence-corrected chi connectivity index (χ3v) is 8.59. The molecule has 3 rings (SSSR count). The van der Waals surface area contributed by atoms with Crippen LogP contribution in [0.25, 0.3) is 0 Å². The van der Waals surface area contributed by atoms with Crippen LogP contribution in [-0.4, -0.2) is 73.2 Å². The van der Waals surface area contributed by atoms with Crippen molar-refractivity contribution in [2.24, 2.45) is 17.6 Å². The first kappa shape index (κ1) is 39.4. The van der Waals surface area contributed by atoms with E-state index in [1.807, 2.05) is 0 Å². The molecule has 0 spiro atoms. The third kappa shape index (κ3) is 10.5. The van der Waals surface area contributed by atoms with Gasteiger partial charge in [0.2, 0.25) is 11.6 Å². The number of carbonyl (C=O) groups is 5. The normalized spacial score (nSPS) is 28.8. The highest BCUT2D eigenvalue weighted by Gasteiger charge is 2.34. The Morgan fingerprint density at radius 2 is 1.69 bits per heavy atom. The second-order valence-electron chi connectivity index (χ2n) is 12.0. The van der Waals surface area contributed by atoms with E-state index >= 15 is 0 Å². The van der Waals surface area contributed by atoms with Crippen LogP contribution >= 0.6 is 23.2 Å². The number of fused-ring (bicyclic) bond motifs is 2. The molecule has 0 unspecified atom stereocenters. The van der Waals surface area contributed by atoms with E-state index in [2.05, 4.69) is 10.6 Å². The van der Waals surface area contributed by atoms with Crippen molar-refractivity contribution in [2.75, 3.05) is 14.2 Å². The fourth-order valence-corrected chi connectivity index (χ4v) is 6.12. The van der Waals surface area contributed by atoms with Gasteiger partial charge in [0, 0.05) is 53.0 Å². The van der Waals surface area contributed by atoms with Crippen molar-refractivity contribution < 1.29 is 43.3 Å². The van der Waals surface area contributed by atoms with E-state index < -0.39 is 59.8 Å². The lowest BCUT2D eigenvalue weighted by atomic mass is 9.85. The summed E-state index contributed by atoms with van der Waals surface area (Å²) in [6, 6.07) is 4.17. The number of carbonyl (C=O) groups excluding carboxylic acids is 5. The maximum Gasteiger partial charge on any atom is 0.405 e. The second-order valence-corrected chi connectivity index (χ2v) is 12.9. The quantitative estimate of drug-likeness (QED) is 0.252. The molecule has 1 aliphatic carbocycles. The number of nitrogens with one attached hydrogen (secondary N) is 2. The van der Waals surface area contributed by atoms with Crippen LogP contribution in [0, 0.1) is 11.8 Å². The van der Waals surface area contributed by atoms with Gasteiger partial charge in [-0.1, -0.05) is 61.4 Å². The summed E-state index contributed by atoms with van der Waals surface area (Å²) >= 11 is 12.1. The number of methoxy groups -OCH3 is 2. The number of aliphatic hydroxyl groups is 1. The maximum absolute atomic E-state index is 13.9. The van der Waals surface area contributed by atoms with Crippen molar-refractivity contribution in [3.8, 4) is 0 Å². The van der Waals surface area contributed by atoms with Crippen molar-refractivity contribution in [1.29, 1.82) is 0 Å². The first-order valence-electron chi connectivity index (χ1n) is 15.4. The van der Waals surface area contributed by atoms with E-state index in [4.69, 9.17) is 43.1 Å². The topological polar surface area (TPSA) is 183 Å². The number of hydrogen-bond acceptors (Lipinski definition) is 9. The van der Waals surface area contributed by atoms with Crippen LogP contribution < -0.4 is 16.4 Å². The van der Waals surface area contributed by atoms with Gasteiger partial charge >= 0.3 is 6.09 Å². The number of primary amides is 1. The average Bonchev–Trinajstić information content (AvgIpc) is 3.03. The van der Waals surface area contributed by atoms with Gasteiger partial charge in [-0.2, -0.15) is 0 Å². The molecular weight excluding hydrogens is 677 g/mol. The fraction of sp³-hybridized carbons (Fsp3) is 0.400. The lowest BCUT2D eigenvalue weighted by Crippen LogP contribution is -2.38. The molecule has 0 radical (unpaired) electrons. The monoisotopic (exact) mass is 717 g/mol. The van der Waals surface area contributed by atoms with E-state index in [0.29, 0.717) is 5.57 Å². The number of allylic oxidation sites excluding steroid dienone is 4. The summed E-state index contributed by atoms with van der Waals surface area (Å²) in [5.74, 6) is -3.69. The molecule has 1 heterocycles. The number of ether oxygens (including phenoxy) is 3. The Bertz CT molecular complexity index is 1630. The van der Waals surface area contributed by atoms with Gasteiger partial charge in [0.15, 0.2) is 6.10 Å². The van der Waals surface area contributed by atoms with Crippen LogP contribution in [0.2, 0.25) is 10.0 Å².